The van der Waals surface area contributed by atoms with Gasteiger partial charge in [-0.15, -0.1) is 0 Å². The number of ether oxygens (including phenoxy) is 1. The summed E-state index contributed by atoms with van der Waals surface area (Å²) in [5.74, 6) is 0.0772. The summed E-state index contributed by atoms with van der Waals surface area (Å²) in [6, 6.07) is 7.63. The molecule has 1 atom stereocenters. The lowest BCUT2D eigenvalue weighted by Crippen LogP contribution is -2.56. The molecule has 1 amide bonds. The van der Waals surface area contributed by atoms with Crippen molar-refractivity contribution in [3.05, 3.63) is 52.8 Å². The molecule has 2 heterocycles. The second-order valence-corrected chi connectivity index (χ2v) is 7.24. The van der Waals surface area contributed by atoms with Crippen molar-refractivity contribution in [1.82, 2.24) is 14.7 Å². The number of carbonyl (C=O) groups is 1. The summed E-state index contributed by atoms with van der Waals surface area (Å²) in [7, 11) is 1.85. The molecule has 5 nitrogen and oxygen atoms in total. The van der Waals surface area contributed by atoms with Gasteiger partial charge < -0.3 is 9.64 Å². The summed E-state index contributed by atoms with van der Waals surface area (Å²) in [4.78, 5) is 14.8. The van der Waals surface area contributed by atoms with Crippen molar-refractivity contribution in [3.63, 3.8) is 0 Å². The monoisotopic (exact) mass is 347 g/mol. The predicted molar refractivity (Wildman–Crippen MR) is 92.8 cm³/mol. The van der Waals surface area contributed by atoms with Gasteiger partial charge in [-0.3, -0.25) is 9.48 Å². The van der Waals surface area contributed by atoms with Gasteiger partial charge in [0.1, 0.15) is 6.10 Å². The van der Waals surface area contributed by atoms with Crippen LogP contribution in [0.15, 0.2) is 36.7 Å². The van der Waals surface area contributed by atoms with Crippen LogP contribution >= 0.6 is 11.6 Å². The fraction of sp³-hybridized carbons (Fsp3) is 0.444. The molecule has 6 heteroatoms. The summed E-state index contributed by atoms with van der Waals surface area (Å²) >= 11 is 6.29. The van der Waals surface area contributed by atoms with E-state index in [1.807, 2.05) is 56.3 Å². The SMILES string of the molecule is Cn1cc(CC(=O)N2C[C@@H](c3ccccc3Cl)OCC2(C)C)cn1. The minimum atomic E-state index is -0.350. The molecule has 0 radical (unpaired) electrons. The van der Waals surface area contributed by atoms with Gasteiger partial charge in [-0.05, 0) is 25.5 Å². The van der Waals surface area contributed by atoms with Crippen LogP contribution in [0.2, 0.25) is 5.02 Å². The highest BCUT2D eigenvalue weighted by molar-refractivity contribution is 6.31. The lowest BCUT2D eigenvalue weighted by atomic mass is 9.97. The molecule has 128 valence electrons. The molecule has 24 heavy (non-hydrogen) atoms. The van der Waals surface area contributed by atoms with Crippen LogP contribution in [0, 0.1) is 0 Å². The molecule has 0 saturated carbocycles. The Morgan fingerprint density at radius 2 is 2.17 bits per heavy atom. The Bertz CT molecular complexity index is 741. The first-order valence-corrected chi connectivity index (χ1v) is 8.38. The number of nitrogens with zero attached hydrogens (tertiary/aromatic N) is 3. The first-order valence-electron chi connectivity index (χ1n) is 8.01. The molecule has 3 rings (SSSR count). The first kappa shape index (κ1) is 17.0. The number of rotatable bonds is 3. The summed E-state index contributed by atoms with van der Waals surface area (Å²) in [6.07, 6.45) is 3.74. The van der Waals surface area contributed by atoms with Gasteiger partial charge in [0.25, 0.3) is 0 Å². The number of carbonyl (C=O) groups excluding carboxylic acids is 1. The quantitative estimate of drug-likeness (QED) is 0.857. The number of benzene rings is 1. The maximum Gasteiger partial charge on any atom is 0.227 e. The summed E-state index contributed by atoms with van der Waals surface area (Å²) in [5, 5.41) is 4.80. The van der Waals surface area contributed by atoms with E-state index in [1.54, 1.807) is 10.9 Å². The highest BCUT2D eigenvalue weighted by Gasteiger charge is 2.38. The topological polar surface area (TPSA) is 47.4 Å². The van der Waals surface area contributed by atoms with Crippen LogP contribution in [-0.2, 0) is 23.0 Å². The summed E-state index contributed by atoms with van der Waals surface area (Å²) < 4.78 is 7.71. The van der Waals surface area contributed by atoms with Crippen molar-refractivity contribution < 1.29 is 9.53 Å². The Balaban J connectivity index is 1.79. The largest absolute Gasteiger partial charge is 0.369 e. The summed E-state index contributed by atoms with van der Waals surface area (Å²) in [5.41, 5.74) is 1.49. The third-order valence-corrected chi connectivity index (χ3v) is 4.73. The van der Waals surface area contributed by atoms with Gasteiger partial charge >= 0.3 is 0 Å². The van der Waals surface area contributed by atoms with Gasteiger partial charge in [-0.25, -0.2) is 0 Å². The van der Waals surface area contributed by atoms with Crippen LogP contribution < -0.4 is 0 Å². The molecular formula is C18H22ClN3O2. The molecule has 0 N–H and O–H groups in total. The number of hydrogen-bond acceptors (Lipinski definition) is 3. The minimum absolute atomic E-state index is 0.0772. The van der Waals surface area contributed by atoms with E-state index >= 15 is 0 Å². The minimum Gasteiger partial charge on any atom is -0.369 e. The van der Waals surface area contributed by atoms with Crippen LogP contribution in [-0.4, -0.2) is 39.3 Å². The molecule has 1 aromatic heterocycles. The number of morpholine rings is 1. The van der Waals surface area contributed by atoms with E-state index in [1.165, 1.54) is 0 Å². The van der Waals surface area contributed by atoms with Crippen molar-refractivity contribution in [2.45, 2.75) is 31.9 Å². The second-order valence-electron chi connectivity index (χ2n) is 6.84. The molecule has 0 spiro atoms. The van der Waals surface area contributed by atoms with E-state index in [9.17, 15) is 4.79 Å². The number of hydrogen-bond donors (Lipinski definition) is 0. The molecule has 1 saturated heterocycles. The average molecular weight is 348 g/mol. The van der Waals surface area contributed by atoms with Gasteiger partial charge in [0.05, 0.1) is 31.3 Å². The van der Waals surface area contributed by atoms with Gasteiger partial charge in [0, 0.05) is 23.8 Å². The molecule has 1 fully saturated rings. The van der Waals surface area contributed by atoms with E-state index in [0.717, 1.165) is 11.1 Å². The van der Waals surface area contributed by atoms with E-state index < -0.39 is 0 Å². The molecule has 0 aliphatic carbocycles. The van der Waals surface area contributed by atoms with E-state index in [2.05, 4.69) is 5.10 Å². The number of amides is 1. The van der Waals surface area contributed by atoms with Crippen molar-refractivity contribution in [2.75, 3.05) is 13.2 Å². The molecule has 1 aliphatic rings. The lowest BCUT2D eigenvalue weighted by molar-refractivity contribution is -0.154. The van der Waals surface area contributed by atoms with Gasteiger partial charge in [-0.2, -0.15) is 5.10 Å². The van der Waals surface area contributed by atoms with Crippen LogP contribution in [0.5, 0.6) is 0 Å². The van der Waals surface area contributed by atoms with Crippen molar-refractivity contribution >= 4 is 17.5 Å². The highest BCUT2D eigenvalue weighted by Crippen LogP contribution is 2.33. The van der Waals surface area contributed by atoms with Gasteiger partial charge in [0.2, 0.25) is 5.91 Å². The Morgan fingerprint density at radius 1 is 1.42 bits per heavy atom. The molecule has 0 unspecified atom stereocenters. The zero-order valence-corrected chi connectivity index (χ0v) is 15.0. The van der Waals surface area contributed by atoms with Crippen LogP contribution in [0.3, 0.4) is 0 Å². The maximum atomic E-state index is 12.9. The maximum absolute atomic E-state index is 12.9. The van der Waals surface area contributed by atoms with Gasteiger partial charge in [-0.1, -0.05) is 29.8 Å². The van der Waals surface area contributed by atoms with Crippen molar-refractivity contribution in [1.29, 1.82) is 0 Å². The lowest BCUT2D eigenvalue weighted by Gasteiger charge is -2.45. The Kier molecular flexibility index (Phi) is 4.65. The zero-order chi connectivity index (χ0) is 17.3. The number of aromatic nitrogens is 2. The van der Waals surface area contributed by atoms with Crippen LogP contribution in [0.1, 0.15) is 31.1 Å². The zero-order valence-electron chi connectivity index (χ0n) is 14.2. The fourth-order valence-electron chi connectivity index (χ4n) is 3.05. The van der Waals surface area contributed by atoms with E-state index in [-0.39, 0.29) is 17.6 Å². The Morgan fingerprint density at radius 3 is 2.83 bits per heavy atom. The van der Waals surface area contributed by atoms with E-state index in [4.69, 9.17) is 16.3 Å². The Hall–Kier alpha value is -1.85. The van der Waals surface area contributed by atoms with Crippen LogP contribution in [0.25, 0.3) is 0 Å². The highest BCUT2D eigenvalue weighted by atomic mass is 35.5. The number of halogens is 1. The first-order chi connectivity index (χ1) is 11.4. The molecular weight excluding hydrogens is 326 g/mol. The molecule has 2 aromatic rings. The normalized spacial score (nSPS) is 20.2. The van der Waals surface area contributed by atoms with Crippen molar-refractivity contribution in [3.8, 4) is 0 Å². The number of aryl methyl sites for hydroxylation is 1. The predicted octanol–water partition coefficient (Wildman–Crippen LogP) is 2.99. The van der Waals surface area contributed by atoms with Gasteiger partial charge in [0.15, 0.2) is 0 Å². The third-order valence-electron chi connectivity index (χ3n) is 4.38. The second kappa shape index (κ2) is 6.57. The fourth-order valence-corrected chi connectivity index (χ4v) is 3.30. The average Bonchev–Trinajstić information content (AvgIpc) is 2.93. The smallest absolute Gasteiger partial charge is 0.227 e. The third kappa shape index (κ3) is 3.47. The molecule has 0 bridgehead atoms. The molecule has 1 aliphatic heterocycles. The Labute approximate surface area is 147 Å². The molecule has 1 aromatic carbocycles. The standard InChI is InChI=1S/C18H22ClN3O2/c1-18(2)12-24-16(14-6-4-5-7-15(14)19)11-22(18)17(23)8-13-9-20-21(3)10-13/h4-7,9-10,16H,8,11-12H2,1-3H3/t16-/m0/s1. The van der Waals surface area contributed by atoms with Crippen LogP contribution in [0.4, 0.5) is 0 Å². The van der Waals surface area contributed by atoms with E-state index in [0.29, 0.717) is 24.6 Å². The summed E-state index contributed by atoms with van der Waals surface area (Å²) in [6.45, 7) is 5.02. The van der Waals surface area contributed by atoms with Crippen molar-refractivity contribution in [2.24, 2.45) is 7.05 Å².